The van der Waals surface area contributed by atoms with Crippen molar-refractivity contribution in [2.24, 2.45) is 4.99 Å². The number of nitrogens with zero attached hydrogens (tertiary/aromatic N) is 3. The lowest BCUT2D eigenvalue weighted by Crippen LogP contribution is -3.00. The molecule has 0 unspecified atom stereocenters. The minimum atomic E-state index is 0. The van der Waals surface area contributed by atoms with Crippen LogP contribution in [0.25, 0.3) is 46.4 Å². The van der Waals surface area contributed by atoms with Gasteiger partial charge in [-0.05, 0) is 86.7 Å². The van der Waals surface area contributed by atoms with E-state index in [0.717, 1.165) is 50.4 Å². The largest absolute Gasteiger partial charge is 1.00 e. The van der Waals surface area contributed by atoms with E-state index in [1.54, 1.807) is 0 Å². The molecule has 6 rings (SSSR count). The van der Waals surface area contributed by atoms with Crippen molar-refractivity contribution in [3.05, 3.63) is 94.2 Å². The summed E-state index contributed by atoms with van der Waals surface area (Å²) in [6, 6.07) is 16.4. The van der Waals surface area contributed by atoms with Crippen molar-refractivity contribution in [2.75, 3.05) is 0 Å². The van der Waals surface area contributed by atoms with Crippen molar-refractivity contribution < 1.29 is 12.4 Å². The Morgan fingerprint density at radius 1 is 0.618 bits per heavy atom. The number of allylic oxidation sites excluding steroid dienone is 3. The summed E-state index contributed by atoms with van der Waals surface area (Å²) in [6.07, 6.45) is 12.8. The smallest absolute Gasteiger partial charge is 0.159 e. The van der Waals surface area contributed by atoms with Gasteiger partial charge in [-0.2, -0.15) is 0 Å². The third-order valence-electron chi connectivity index (χ3n) is 5.69. The molecule has 0 saturated carbocycles. The predicted molar refractivity (Wildman–Crippen MR) is 138 cm³/mol. The molecule has 3 aromatic heterocycles. The second kappa shape index (κ2) is 9.84. The van der Waals surface area contributed by atoms with Gasteiger partial charge in [0, 0.05) is 29.0 Å². The van der Waals surface area contributed by atoms with Gasteiger partial charge >= 0.3 is 0 Å². The molecule has 0 spiro atoms. The summed E-state index contributed by atoms with van der Waals surface area (Å²) in [6.45, 7) is 6.17. The molecule has 0 atom stereocenters. The summed E-state index contributed by atoms with van der Waals surface area (Å²) >= 11 is 0. The first-order valence-electron chi connectivity index (χ1n) is 10.9. The van der Waals surface area contributed by atoms with Crippen LogP contribution in [0.2, 0.25) is 0 Å². The number of halogens is 1. The Morgan fingerprint density at radius 2 is 1.06 bits per heavy atom. The maximum atomic E-state index is 4.62. The highest BCUT2D eigenvalue weighted by Gasteiger charge is 2.10. The van der Waals surface area contributed by atoms with Gasteiger partial charge in [0.05, 0.1) is 33.9 Å². The van der Waals surface area contributed by atoms with E-state index in [0.29, 0.717) is 0 Å². The molecule has 0 radical (unpaired) electrons. The number of aromatic nitrogens is 4. The average molecular weight is 466 g/mol. The molecule has 3 aliphatic rings. The summed E-state index contributed by atoms with van der Waals surface area (Å²) in [7, 11) is 0. The summed E-state index contributed by atoms with van der Waals surface area (Å²) in [5, 5.41) is 0. The van der Waals surface area contributed by atoms with E-state index in [1.165, 1.54) is 11.1 Å². The molecule has 5 nitrogen and oxygen atoms in total. The Kier molecular flexibility index (Phi) is 6.69. The first kappa shape index (κ1) is 23.1. The van der Waals surface area contributed by atoms with E-state index in [4.69, 9.17) is 0 Å². The van der Waals surface area contributed by atoms with E-state index in [9.17, 15) is 0 Å². The van der Waals surface area contributed by atoms with Crippen molar-refractivity contribution in [2.45, 2.75) is 20.8 Å². The predicted octanol–water partition coefficient (Wildman–Crippen LogP) is 3.85. The molecule has 0 aliphatic carbocycles. The zero-order valence-electron chi connectivity index (χ0n) is 19.2. The monoisotopic (exact) mass is 465 g/mol. The highest BCUT2D eigenvalue weighted by Crippen LogP contribution is 2.17. The average Bonchev–Trinajstić information content (AvgIpc) is 3.58. The zero-order chi connectivity index (χ0) is 22.8. The standard InChI is InChI=1S/C20H14N4.C8H10N.ClH/c1-2-14-10-16-5-6-18(23-16)12-20-8-7-19(24-20)11-17-4-3-15(22-17)9-13(1)21-14;1-6-4-9-5-7(2)8(6)3;/h1-12,21-22H;4H,1-3H3;1H/q;+1;/p-1. The van der Waals surface area contributed by atoms with Crippen molar-refractivity contribution >= 4 is 52.6 Å². The Hall–Kier alpha value is -4.05. The van der Waals surface area contributed by atoms with Gasteiger partial charge in [0.25, 0.3) is 0 Å². The number of nitrogens with one attached hydrogen (secondary N) is 2. The number of rotatable bonds is 0. The van der Waals surface area contributed by atoms with E-state index in [2.05, 4.69) is 75.3 Å². The SMILES string of the molecule is C1=Cc2cc3ccc(cc4ccc(cc5nc(cc1n2)C=C5)[nH]4)[nH]3.CC1=CN=[C+]C(C)=C1C.[Cl-]. The Balaban J connectivity index is 0.000000234. The minimum Gasteiger partial charge on any atom is -1.00 e. The highest BCUT2D eigenvalue weighted by molar-refractivity contribution is 5.82. The van der Waals surface area contributed by atoms with E-state index < -0.39 is 0 Å². The number of aliphatic imine (C=N–C) groups is 1. The van der Waals surface area contributed by atoms with Gasteiger partial charge < -0.3 is 22.4 Å². The number of hydrogen-bond donors (Lipinski definition) is 2. The Labute approximate surface area is 204 Å². The maximum absolute atomic E-state index is 4.62. The van der Waals surface area contributed by atoms with Crippen LogP contribution in [0.3, 0.4) is 0 Å². The number of aromatic amines is 2. The summed E-state index contributed by atoms with van der Waals surface area (Å²) < 4.78 is 0. The molecule has 8 bridgehead atoms. The quantitative estimate of drug-likeness (QED) is 0.341. The molecule has 2 N–H and O–H groups in total. The van der Waals surface area contributed by atoms with Crippen LogP contribution in [0.5, 0.6) is 0 Å². The molecule has 6 heterocycles. The molecule has 0 aromatic carbocycles. The van der Waals surface area contributed by atoms with Crippen LogP contribution in [-0.4, -0.2) is 26.2 Å². The van der Waals surface area contributed by atoms with Crippen molar-refractivity contribution in [1.82, 2.24) is 19.9 Å². The van der Waals surface area contributed by atoms with E-state index in [-0.39, 0.29) is 12.4 Å². The Bertz CT molecular complexity index is 1450. The second-order valence-electron chi connectivity index (χ2n) is 8.21. The van der Waals surface area contributed by atoms with Crippen molar-refractivity contribution in [3.63, 3.8) is 0 Å². The van der Waals surface area contributed by atoms with Gasteiger partial charge in [-0.3, -0.25) is 0 Å². The van der Waals surface area contributed by atoms with Gasteiger partial charge in [-0.15, -0.1) is 0 Å². The summed E-state index contributed by atoms with van der Waals surface area (Å²) in [5.41, 5.74) is 11.5. The number of hydrogen-bond acceptors (Lipinski definition) is 3. The fourth-order valence-corrected chi connectivity index (χ4v) is 3.65. The lowest BCUT2D eigenvalue weighted by Gasteiger charge is -1.94. The highest BCUT2D eigenvalue weighted by atomic mass is 35.5. The van der Waals surface area contributed by atoms with Gasteiger partial charge in [0.15, 0.2) is 6.21 Å². The van der Waals surface area contributed by atoms with Crippen LogP contribution < -0.4 is 12.4 Å². The molecule has 34 heavy (non-hydrogen) atoms. The van der Waals surface area contributed by atoms with Crippen LogP contribution in [0.15, 0.2) is 76.4 Å². The summed E-state index contributed by atoms with van der Waals surface area (Å²) in [4.78, 5) is 19.9. The zero-order valence-corrected chi connectivity index (χ0v) is 20.0. The van der Waals surface area contributed by atoms with Crippen LogP contribution in [-0.2, 0) is 0 Å². The maximum Gasteiger partial charge on any atom is 0.159 e. The van der Waals surface area contributed by atoms with Gasteiger partial charge in [0.1, 0.15) is 11.8 Å². The molecular weight excluding hydrogens is 442 g/mol. The van der Waals surface area contributed by atoms with Crippen LogP contribution >= 0.6 is 0 Å². The molecule has 3 aromatic rings. The fourth-order valence-electron chi connectivity index (χ4n) is 3.65. The third-order valence-corrected chi connectivity index (χ3v) is 5.69. The molecule has 6 heteroatoms. The lowest BCUT2D eigenvalue weighted by molar-refractivity contribution is -0.00000686. The number of H-pyrrole nitrogens is 2. The molecule has 0 fully saturated rings. The van der Waals surface area contributed by atoms with E-state index in [1.807, 2.05) is 55.6 Å². The molecule has 168 valence electrons. The first-order valence-corrected chi connectivity index (χ1v) is 10.9. The Morgan fingerprint density at radius 3 is 1.50 bits per heavy atom. The molecule has 3 aliphatic heterocycles. The van der Waals surface area contributed by atoms with Crippen LogP contribution in [0.1, 0.15) is 43.5 Å². The van der Waals surface area contributed by atoms with Crippen LogP contribution in [0, 0.1) is 0 Å². The molecule has 0 saturated heterocycles. The minimum absolute atomic E-state index is 0. The van der Waals surface area contributed by atoms with Crippen molar-refractivity contribution in [3.8, 4) is 0 Å². The third kappa shape index (κ3) is 5.29. The van der Waals surface area contributed by atoms with Gasteiger partial charge in [-0.25, -0.2) is 9.97 Å². The number of fused-ring (bicyclic) bond motifs is 8. The summed E-state index contributed by atoms with van der Waals surface area (Å²) in [5.74, 6) is 0. The van der Waals surface area contributed by atoms with E-state index >= 15 is 0 Å². The second-order valence-corrected chi connectivity index (χ2v) is 8.21. The van der Waals surface area contributed by atoms with Gasteiger partial charge in [0.2, 0.25) is 0 Å². The normalized spacial score (nSPS) is 13.6. The fraction of sp³-hybridized carbons (Fsp3) is 0.107. The van der Waals surface area contributed by atoms with Crippen molar-refractivity contribution in [1.29, 1.82) is 0 Å². The first-order chi connectivity index (χ1) is 16.0. The van der Waals surface area contributed by atoms with Crippen LogP contribution in [0.4, 0.5) is 0 Å². The lowest BCUT2D eigenvalue weighted by atomic mass is 10.0. The van der Waals surface area contributed by atoms with Gasteiger partial charge in [-0.1, -0.05) is 4.99 Å². The topological polar surface area (TPSA) is 69.7 Å². The molecular formula is C28H24ClN5. The molecule has 0 amide bonds.